The molecule has 37 heavy (non-hydrogen) atoms. The van der Waals surface area contributed by atoms with Gasteiger partial charge in [-0.15, -0.1) is 0 Å². The van der Waals surface area contributed by atoms with Gasteiger partial charge in [-0.1, -0.05) is 67.1 Å². The van der Waals surface area contributed by atoms with Crippen LogP contribution in [0.25, 0.3) is 0 Å². The van der Waals surface area contributed by atoms with Gasteiger partial charge < -0.3 is 10.2 Å². The molecule has 3 aromatic carbocycles. The maximum Gasteiger partial charge on any atom is 0.264 e. The molecule has 0 fully saturated rings. The van der Waals surface area contributed by atoms with E-state index in [0.29, 0.717) is 12.1 Å². The Balaban J connectivity index is 2.10. The number of amides is 2. The lowest BCUT2D eigenvalue weighted by molar-refractivity contribution is -0.140. The van der Waals surface area contributed by atoms with Gasteiger partial charge in [0.15, 0.2) is 0 Å². The van der Waals surface area contributed by atoms with Crippen LogP contribution in [0.1, 0.15) is 35.6 Å². The standard InChI is InChI=1S/C29H35N3O4S/c1-6-26(29(34)30-5)31(19-24-10-8-7-9-11-24)28(33)20-32(27-18-22(3)12-15-23(27)4)37(35,36)25-16-13-21(2)14-17-25/h7-18,26H,6,19-20H2,1-5H3,(H,30,34)/t26-/m1/s1. The molecule has 0 aliphatic heterocycles. The van der Waals surface area contributed by atoms with Crippen LogP contribution in [0, 0.1) is 20.8 Å². The molecule has 0 saturated heterocycles. The van der Waals surface area contributed by atoms with Gasteiger partial charge in [-0.25, -0.2) is 8.42 Å². The van der Waals surface area contributed by atoms with E-state index in [4.69, 9.17) is 0 Å². The fourth-order valence-corrected chi connectivity index (χ4v) is 5.68. The van der Waals surface area contributed by atoms with Gasteiger partial charge >= 0.3 is 0 Å². The van der Waals surface area contributed by atoms with Crippen LogP contribution in [0.2, 0.25) is 0 Å². The Kier molecular flexibility index (Phi) is 9.10. The lowest BCUT2D eigenvalue weighted by atomic mass is 10.1. The maximum absolute atomic E-state index is 13.9. The van der Waals surface area contributed by atoms with Crippen LogP contribution >= 0.6 is 0 Å². The zero-order valence-electron chi connectivity index (χ0n) is 22.1. The van der Waals surface area contributed by atoms with E-state index in [2.05, 4.69) is 5.32 Å². The lowest BCUT2D eigenvalue weighted by Crippen LogP contribution is -2.51. The summed E-state index contributed by atoms with van der Waals surface area (Å²) in [6.07, 6.45) is 0.381. The number of hydrogen-bond acceptors (Lipinski definition) is 4. The number of anilines is 1. The van der Waals surface area contributed by atoms with Crippen molar-refractivity contribution in [3.63, 3.8) is 0 Å². The molecule has 1 N–H and O–H groups in total. The summed E-state index contributed by atoms with van der Waals surface area (Å²) >= 11 is 0. The summed E-state index contributed by atoms with van der Waals surface area (Å²) in [5.74, 6) is -0.762. The quantitative estimate of drug-likeness (QED) is 0.430. The number of sulfonamides is 1. The Morgan fingerprint density at radius 1 is 0.892 bits per heavy atom. The SMILES string of the molecule is CC[C@H](C(=O)NC)N(Cc1ccccc1)C(=O)CN(c1cc(C)ccc1C)S(=O)(=O)c1ccc(C)cc1. The number of carbonyl (C=O) groups is 2. The molecule has 3 rings (SSSR count). The summed E-state index contributed by atoms with van der Waals surface area (Å²) in [5, 5.41) is 2.64. The molecule has 196 valence electrons. The highest BCUT2D eigenvalue weighted by Gasteiger charge is 2.33. The van der Waals surface area contributed by atoms with Crippen LogP contribution in [0.5, 0.6) is 0 Å². The van der Waals surface area contributed by atoms with Crippen molar-refractivity contribution in [2.45, 2.75) is 51.6 Å². The minimum atomic E-state index is -4.08. The second-order valence-electron chi connectivity index (χ2n) is 9.16. The van der Waals surface area contributed by atoms with Crippen molar-refractivity contribution in [2.75, 3.05) is 17.9 Å². The highest BCUT2D eigenvalue weighted by atomic mass is 32.2. The molecular weight excluding hydrogens is 486 g/mol. The van der Waals surface area contributed by atoms with E-state index in [1.807, 2.05) is 70.2 Å². The third kappa shape index (κ3) is 6.57. The van der Waals surface area contributed by atoms with E-state index < -0.39 is 28.5 Å². The number of aryl methyl sites for hydroxylation is 3. The number of nitrogens with zero attached hydrogens (tertiary/aromatic N) is 2. The van der Waals surface area contributed by atoms with Gasteiger partial charge in [0.1, 0.15) is 12.6 Å². The Labute approximate surface area is 220 Å². The highest BCUT2D eigenvalue weighted by Crippen LogP contribution is 2.29. The first-order valence-corrected chi connectivity index (χ1v) is 13.7. The predicted octanol–water partition coefficient (Wildman–Crippen LogP) is 4.36. The Bertz CT molecular complexity index is 1340. The second kappa shape index (κ2) is 12.1. The summed E-state index contributed by atoms with van der Waals surface area (Å²) in [7, 11) is -2.56. The summed E-state index contributed by atoms with van der Waals surface area (Å²) < 4.78 is 29.0. The average Bonchev–Trinajstić information content (AvgIpc) is 2.89. The number of hydrogen-bond donors (Lipinski definition) is 1. The van der Waals surface area contributed by atoms with Gasteiger partial charge in [0.05, 0.1) is 10.6 Å². The van der Waals surface area contributed by atoms with Crippen LogP contribution in [-0.2, 0) is 26.2 Å². The van der Waals surface area contributed by atoms with Crippen LogP contribution in [0.4, 0.5) is 5.69 Å². The van der Waals surface area contributed by atoms with Crippen LogP contribution in [0.15, 0.2) is 77.7 Å². The molecule has 0 spiro atoms. The summed E-state index contributed by atoms with van der Waals surface area (Å²) in [6, 6.07) is 20.7. The smallest absolute Gasteiger partial charge is 0.264 e. The zero-order chi connectivity index (χ0) is 27.2. The minimum Gasteiger partial charge on any atom is -0.357 e. The molecule has 1 atom stereocenters. The van der Waals surface area contributed by atoms with Gasteiger partial charge in [0, 0.05) is 13.6 Å². The first-order valence-electron chi connectivity index (χ1n) is 12.3. The molecule has 0 heterocycles. The highest BCUT2D eigenvalue weighted by molar-refractivity contribution is 7.92. The fourth-order valence-electron chi connectivity index (χ4n) is 4.21. The number of likely N-dealkylation sites (N-methyl/N-ethyl adjacent to an activating group) is 1. The van der Waals surface area contributed by atoms with Crippen molar-refractivity contribution in [3.8, 4) is 0 Å². The van der Waals surface area contributed by atoms with Crippen LogP contribution in [-0.4, -0.2) is 44.8 Å². The van der Waals surface area contributed by atoms with Gasteiger partial charge in [0.25, 0.3) is 10.0 Å². The normalized spacial score (nSPS) is 12.0. The molecular formula is C29H35N3O4S. The van der Waals surface area contributed by atoms with Crippen molar-refractivity contribution in [1.29, 1.82) is 0 Å². The van der Waals surface area contributed by atoms with Gasteiger partial charge in [-0.2, -0.15) is 0 Å². The first-order chi connectivity index (χ1) is 17.6. The van der Waals surface area contributed by atoms with E-state index in [1.165, 1.54) is 11.9 Å². The Morgan fingerprint density at radius 3 is 2.11 bits per heavy atom. The van der Waals surface area contributed by atoms with E-state index in [1.54, 1.807) is 30.3 Å². The summed E-state index contributed by atoms with van der Waals surface area (Å²) in [5.41, 5.74) is 3.80. The molecule has 3 aromatic rings. The molecule has 0 aromatic heterocycles. The first kappa shape index (κ1) is 27.9. The Morgan fingerprint density at radius 2 is 1.51 bits per heavy atom. The molecule has 7 nitrogen and oxygen atoms in total. The van der Waals surface area contributed by atoms with Crippen LogP contribution in [0.3, 0.4) is 0 Å². The van der Waals surface area contributed by atoms with Crippen molar-refractivity contribution < 1.29 is 18.0 Å². The topological polar surface area (TPSA) is 86.8 Å². The molecule has 0 unspecified atom stereocenters. The van der Waals surface area contributed by atoms with Crippen molar-refractivity contribution >= 4 is 27.5 Å². The number of benzene rings is 3. The fraction of sp³-hybridized carbons (Fsp3) is 0.310. The molecule has 8 heteroatoms. The van der Waals surface area contributed by atoms with E-state index in [-0.39, 0.29) is 17.3 Å². The number of rotatable bonds is 10. The minimum absolute atomic E-state index is 0.0970. The van der Waals surface area contributed by atoms with Crippen LogP contribution < -0.4 is 9.62 Å². The number of nitrogens with one attached hydrogen (secondary N) is 1. The van der Waals surface area contributed by atoms with E-state index in [9.17, 15) is 18.0 Å². The largest absolute Gasteiger partial charge is 0.357 e. The molecule has 0 bridgehead atoms. The average molecular weight is 522 g/mol. The third-order valence-corrected chi connectivity index (χ3v) is 8.12. The summed E-state index contributed by atoms with van der Waals surface area (Å²) in [4.78, 5) is 28.2. The predicted molar refractivity (Wildman–Crippen MR) is 147 cm³/mol. The van der Waals surface area contributed by atoms with Gasteiger partial charge in [-0.05, 0) is 62.1 Å². The summed E-state index contributed by atoms with van der Waals surface area (Å²) in [6.45, 7) is 7.14. The van der Waals surface area contributed by atoms with Crippen molar-refractivity contribution in [1.82, 2.24) is 10.2 Å². The third-order valence-electron chi connectivity index (χ3n) is 6.35. The van der Waals surface area contributed by atoms with Gasteiger partial charge in [-0.3, -0.25) is 13.9 Å². The maximum atomic E-state index is 13.9. The number of carbonyl (C=O) groups excluding carboxylic acids is 2. The molecule has 0 aliphatic rings. The van der Waals surface area contributed by atoms with Gasteiger partial charge in [0.2, 0.25) is 11.8 Å². The molecule has 0 saturated carbocycles. The molecule has 0 aliphatic carbocycles. The van der Waals surface area contributed by atoms with Crippen molar-refractivity contribution in [2.24, 2.45) is 0 Å². The van der Waals surface area contributed by atoms with E-state index in [0.717, 1.165) is 26.6 Å². The Hall–Kier alpha value is -3.65. The second-order valence-corrected chi connectivity index (χ2v) is 11.0. The zero-order valence-corrected chi connectivity index (χ0v) is 22.9. The van der Waals surface area contributed by atoms with Crippen molar-refractivity contribution in [3.05, 3.63) is 95.1 Å². The molecule has 0 radical (unpaired) electrons. The van der Waals surface area contributed by atoms with E-state index >= 15 is 0 Å². The lowest BCUT2D eigenvalue weighted by Gasteiger charge is -2.33. The molecule has 2 amide bonds. The monoisotopic (exact) mass is 521 g/mol.